The molecule has 1 aliphatic rings. The molecule has 0 aromatic heterocycles. The number of nitrogens with one attached hydrogen (secondary N) is 1. The molecule has 0 saturated carbocycles. The first-order valence-electron chi connectivity index (χ1n) is 3.21. The number of hydrogen-bond acceptors (Lipinski definition) is 3. The van der Waals surface area contributed by atoms with Gasteiger partial charge in [0.2, 0.25) is 0 Å². The van der Waals surface area contributed by atoms with Crippen molar-refractivity contribution in [2.45, 2.75) is 18.9 Å². The lowest BCUT2D eigenvalue weighted by Crippen LogP contribution is -2.27. The van der Waals surface area contributed by atoms with Gasteiger partial charge in [-0.1, -0.05) is 0 Å². The molecular weight excluding hydrogens is 118 g/mol. The third-order valence-corrected chi connectivity index (χ3v) is 1.57. The molecule has 1 aliphatic heterocycles. The van der Waals surface area contributed by atoms with Crippen molar-refractivity contribution in [3.63, 3.8) is 0 Å². The zero-order chi connectivity index (χ0) is 6.69. The van der Waals surface area contributed by atoms with E-state index in [0.29, 0.717) is 12.8 Å². The molecule has 1 fully saturated rings. The highest BCUT2D eigenvalue weighted by Gasteiger charge is 2.22. The van der Waals surface area contributed by atoms with E-state index in [-0.39, 0.29) is 18.4 Å². The smallest absolute Gasteiger partial charge is 0.151 e. The SMILES string of the molecule is O=C1CCNC1CCO. The van der Waals surface area contributed by atoms with Crippen LogP contribution >= 0.6 is 0 Å². The summed E-state index contributed by atoms with van der Waals surface area (Å²) < 4.78 is 0. The number of Topliss-reactive ketones (excluding diaryl/α,β-unsaturated/α-hetero) is 1. The molecule has 0 aromatic carbocycles. The molecule has 2 N–H and O–H groups in total. The average molecular weight is 129 g/mol. The van der Waals surface area contributed by atoms with E-state index >= 15 is 0 Å². The van der Waals surface area contributed by atoms with Crippen molar-refractivity contribution in [2.24, 2.45) is 0 Å². The second-order valence-electron chi connectivity index (χ2n) is 2.24. The van der Waals surface area contributed by atoms with Crippen LogP contribution < -0.4 is 5.32 Å². The number of carbonyl (C=O) groups is 1. The van der Waals surface area contributed by atoms with Crippen LogP contribution in [0.15, 0.2) is 0 Å². The van der Waals surface area contributed by atoms with E-state index in [0.717, 1.165) is 6.54 Å². The molecule has 0 aliphatic carbocycles. The van der Waals surface area contributed by atoms with Crippen LogP contribution in [0.1, 0.15) is 12.8 Å². The van der Waals surface area contributed by atoms with Crippen molar-refractivity contribution < 1.29 is 9.90 Å². The Morgan fingerprint density at radius 1 is 1.78 bits per heavy atom. The molecule has 3 nitrogen and oxygen atoms in total. The molecule has 1 saturated heterocycles. The fourth-order valence-electron chi connectivity index (χ4n) is 1.05. The Labute approximate surface area is 54.1 Å². The van der Waals surface area contributed by atoms with Crippen LogP contribution in [0.2, 0.25) is 0 Å². The van der Waals surface area contributed by atoms with Gasteiger partial charge in [0, 0.05) is 19.6 Å². The largest absolute Gasteiger partial charge is 0.396 e. The van der Waals surface area contributed by atoms with Crippen molar-refractivity contribution in [1.29, 1.82) is 0 Å². The highest BCUT2D eigenvalue weighted by atomic mass is 16.3. The van der Waals surface area contributed by atoms with Gasteiger partial charge in [-0.3, -0.25) is 4.79 Å². The zero-order valence-corrected chi connectivity index (χ0v) is 5.26. The predicted octanol–water partition coefficient (Wildman–Crippen LogP) is -0.700. The van der Waals surface area contributed by atoms with Crippen molar-refractivity contribution in [3.8, 4) is 0 Å². The van der Waals surface area contributed by atoms with Gasteiger partial charge in [-0.25, -0.2) is 0 Å². The summed E-state index contributed by atoms with van der Waals surface area (Å²) in [6, 6.07) is -0.0602. The predicted molar refractivity (Wildman–Crippen MR) is 33.1 cm³/mol. The van der Waals surface area contributed by atoms with Gasteiger partial charge in [0.15, 0.2) is 5.78 Å². The van der Waals surface area contributed by atoms with E-state index in [9.17, 15) is 4.79 Å². The summed E-state index contributed by atoms with van der Waals surface area (Å²) in [5.41, 5.74) is 0. The van der Waals surface area contributed by atoms with Gasteiger partial charge in [-0.2, -0.15) is 0 Å². The third-order valence-electron chi connectivity index (χ3n) is 1.57. The Morgan fingerprint density at radius 2 is 2.56 bits per heavy atom. The second kappa shape index (κ2) is 2.94. The lowest BCUT2D eigenvalue weighted by Gasteiger charge is -2.03. The highest BCUT2D eigenvalue weighted by Crippen LogP contribution is 2.02. The maximum atomic E-state index is 10.8. The van der Waals surface area contributed by atoms with Crippen LogP contribution in [-0.4, -0.2) is 30.1 Å². The minimum atomic E-state index is -0.0602. The standard InChI is InChI=1S/C6H11NO2/c8-4-2-5-6(9)1-3-7-5/h5,7-8H,1-4H2. The molecule has 1 heterocycles. The topological polar surface area (TPSA) is 49.3 Å². The van der Waals surface area contributed by atoms with Crippen LogP contribution in [0.5, 0.6) is 0 Å². The number of ketones is 1. The summed E-state index contributed by atoms with van der Waals surface area (Å²) in [5, 5.41) is 11.4. The quantitative estimate of drug-likeness (QED) is 0.518. The lowest BCUT2D eigenvalue weighted by atomic mass is 10.1. The van der Waals surface area contributed by atoms with E-state index in [1.165, 1.54) is 0 Å². The van der Waals surface area contributed by atoms with Crippen LogP contribution in [0, 0.1) is 0 Å². The average Bonchev–Trinajstić information content (AvgIpc) is 2.18. The van der Waals surface area contributed by atoms with E-state index in [4.69, 9.17) is 5.11 Å². The summed E-state index contributed by atoms with van der Waals surface area (Å²) >= 11 is 0. The number of hydrogen-bond donors (Lipinski definition) is 2. The molecule has 0 radical (unpaired) electrons. The molecule has 1 rings (SSSR count). The van der Waals surface area contributed by atoms with Gasteiger partial charge in [0.25, 0.3) is 0 Å². The monoisotopic (exact) mass is 129 g/mol. The van der Waals surface area contributed by atoms with Gasteiger partial charge in [-0.05, 0) is 6.42 Å². The molecule has 0 amide bonds. The highest BCUT2D eigenvalue weighted by molar-refractivity contribution is 5.86. The molecule has 0 aromatic rings. The maximum Gasteiger partial charge on any atom is 0.151 e. The zero-order valence-electron chi connectivity index (χ0n) is 5.26. The molecule has 0 spiro atoms. The first-order valence-corrected chi connectivity index (χ1v) is 3.21. The number of aliphatic hydroxyl groups excluding tert-OH is 1. The molecule has 1 atom stereocenters. The van der Waals surface area contributed by atoms with E-state index in [1.54, 1.807) is 0 Å². The van der Waals surface area contributed by atoms with Crippen molar-refractivity contribution in [1.82, 2.24) is 5.32 Å². The lowest BCUT2D eigenvalue weighted by molar-refractivity contribution is -0.119. The second-order valence-corrected chi connectivity index (χ2v) is 2.24. The number of carbonyl (C=O) groups excluding carboxylic acids is 1. The maximum absolute atomic E-state index is 10.8. The Kier molecular flexibility index (Phi) is 2.19. The van der Waals surface area contributed by atoms with Gasteiger partial charge >= 0.3 is 0 Å². The Balaban J connectivity index is 2.31. The summed E-state index contributed by atoms with van der Waals surface area (Å²) in [5.74, 6) is 0.240. The summed E-state index contributed by atoms with van der Waals surface area (Å²) in [4.78, 5) is 10.8. The first-order chi connectivity index (χ1) is 4.34. The van der Waals surface area contributed by atoms with Gasteiger partial charge < -0.3 is 10.4 Å². The fraction of sp³-hybridized carbons (Fsp3) is 0.833. The molecule has 0 bridgehead atoms. The van der Waals surface area contributed by atoms with Gasteiger partial charge in [-0.15, -0.1) is 0 Å². The van der Waals surface area contributed by atoms with E-state index < -0.39 is 0 Å². The number of aliphatic hydroxyl groups is 1. The summed E-state index contributed by atoms with van der Waals surface area (Å²) in [6.07, 6.45) is 1.20. The Bertz CT molecular complexity index is 114. The van der Waals surface area contributed by atoms with Crippen LogP contribution in [0.3, 0.4) is 0 Å². The van der Waals surface area contributed by atoms with E-state index in [2.05, 4.69) is 5.32 Å². The molecule has 52 valence electrons. The fourth-order valence-corrected chi connectivity index (χ4v) is 1.05. The van der Waals surface area contributed by atoms with Crippen molar-refractivity contribution in [2.75, 3.05) is 13.2 Å². The molecule has 9 heavy (non-hydrogen) atoms. The minimum Gasteiger partial charge on any atom is -0.396 e. The molecule has 3 heteroatoms. The normalized spacial score (nSPS) is 27.2. The van der Waals surface area contributed by atoms with Crippen LogP contribution in [0.25, 0.3) is 0 Å². The van der Waals surface area contributed by atoms with Gasteiger partial charge in [0.1, 0.15) is 0 Å². The van der Waals surface area contributed by atoms with Crippen LogP contribution in [-0.2, 0) is 4.79 Å². The summed E-state index contributed by atoms with van der Waals surface area (Å²) in [6.45, 7) is 0.882. The Hall–Kier alpha value is -0.410. The van der Waals surface area contributed by atoms with Crippen molar-refractivity contribution >= 4 is 5.78 Å². The van der Waals surface area contributed by atoms with Gasteiger partial charge in [0.05, 0.1) is 6.04 Å². The molecule has 1 unspecified atom stereocenters. The summed E-state index contributed by atoms with van der Waals surface area (Å²) in [7, 11) is 0. The third kappa shape index (κ3) is 1.50. The van der Waals surface area contributed by atoms with Crippen LogP contribution in [0.4, 0.5) is 0 Å². The number of rotatable bonds is 2. The Morgan fingerprint density at radius 3 is 3.00 bits per heavy atom. The van der Waals surface area contributed by atoms with E-state index in [1.807, 2.05) is 0 Å². The molecular formula is C6H11NO2. The van der Waals surface area contributed by atoms with Crippen molar-refractivity contribution in [3.05, 3.63) is 0 Å². The minimum absolute atomic E-state index is 0.0602. The first kappa shape index (κ1) is 6.71.